The Kier molecular flexibility index (Phi) is 4.42. The van der Waals surface area contributed by atoms with Gasteiger partial charge in [-0.2, -0.15) is 0 Å². The van der Waals surface area contributed by atoms with Crippen LogP contribution in [0.25, 0.3) is 0 Å². The molecule has 0 aromatic carbocycles. The minimum Gasteiger partial charge on any atom is -0.375 e. The van der Waals surface area contributed by atoms with E-state index in [4.69, 9.17) is 4.74 Å². The summed E-state index contributed by atoms with van der Waals surface area (Å²) >= 11 is 3.11. The summed E-state index contributed by atoms with van der Waals surface area (Å²) in [6.45, 7) is 6.02. The molecule has 1 amide bonds. The molecular weight excluding hydrogens is 256 g/mol. The van der Waals surface area contributed by atoms with Gasteiger partial charge in [-0.1, -0.05) is 11.8 Å². The smallest absolute Gasteiger partial charge is 0.233 e. The predicted octanol–water partition coefficient (Wildman–Crippen LogP) is 1.79. The number of hydrogen-bond acceptors (Lipinski definition) is 5. The zero-order chi connectivity index (χ0) is 12.3. The second-order valence-electron chi connectivity index (χ2n) is 4.06. The molecule has 1 fully saturated rings. The van der Waals surface area contributed by atoms with Gasteiger partial charge in [-0.15, -0.1) is 11.3 Å². The maximum Gasteiger partial charge on any atom is 0.233 e. The van der Waals surface area contributed by atoms with E-state index in [1.165, 1.54) is 11.8 Å². The Labute approximate surface area is 109 Å². The van der Waals surface area contributed by atoms with Crippen LogP contribution in [-0.4, -0.2) is 47.3 Å². The van der Waals surface area contributed by atoms with Crippen LogP contribution in [0.4, 0.5) is 0 Å². The van der Waals surface area contributed by atoms with E-state index in [0.29, 0.717) is 25.4 Å². The first kappa shape index (κ1) is 12.9. The first-order valence-electron chi connectivity index (χ1n) is 5.59. The van der Waals surface area contributed by atoms with E-state index in [9.17, 15) is 4.79 Å². The van der Waals surface area contributed by atoms with E-state index in [1.807, 2.05) is 24.1 Å². The second-order valence-corrected chi connectivity index (χ2v) is 6.15. The SMILES string of the molecule is Cc1csc(SCC(=O)N2CCO[C@@H](C)C2)n1. The average molecular weight is 272 g/mol. The summed E-state index contributed by atoms with van der Waals surface area (Å²) in [6, 6.07) is 0. The highest BCUT2D eigenvalue weighted by atomic mass is 32.2. The summed E-state index contributed by atoms with van der Waals surface area (Å²) in [6.07, 6.45) is 0.153. The third-order valence-corrected chi connectivity index (χ3v) is 4.63. The van der Waals surface area contributed by atoms with Gasteiger partial charge in [-0.3, -0.25) is 4.79 Å². The van der Waals surface area contributed by atoms with Gasteiger partial charge in [-0.05, 0) is 13.8 Å². The zero-order valence-electron chi connectivity index (χ0n) is 10.0. The van der Waals surface area contributed by atoms with Crippen molar-refractivity contribution in [3.05, 3.63) is 11.1 Å². The molecule has 4 nitrogen and oxygen atoms in total. The summed E-state index contributed by atoms with van der Waals surface area (Å²) in [5, 5.41) is 2.00. The average Bonchev–Trinajstić information content (AvgIpc) is 2.72. The van der Waals surface area contributed by atoms with Crippen molar-refractivity contribution in [1.29, 1.82) is 0 Å². The molecule has 1 atom stereocenters. The van der Waals surface area contributed by atoms with Gasteiger partial charge >= 0.3 is 0 Å². The van der Waals surface area contributed by atoms with Crippen LogP contribution in [0.5, 0.6) is 0 Å². The maximum absolute atomic E-state index is 12.0. The Morgan fingerprint density at radius 1 is 1.76 bits per heavy atom. The van der Waals surface area contributed by atoms with E-state index in [1.54, 1.807) is 11.3 Å². The summed E-state index contributed by atoms with van der Waals surface area (Å²) in [4.78, 5) is 18.2. The van der Waals surface area contributed by atoms with Crippen LogP contribution in [0.15, 0.2) is 9.72 Å². The number of aryl methyl sites for hydroxylation is 1. The summed E-state index contributed by atoms with van der Waals surface area (Å²) in [5.74, 6) is 0.651. The van der Waals surface area contributed by atoms with Crippen LogP contribution in [0.1, 0.15) is 12.6 Å². The molecule has 0 saturated carbocycles. The molecule has 2 rings (SSSR count). The normalized spacial score (nSPS) is 20.6. The molecule has 17 heavy (non-hydrogen) atoms. The lowest BCUT2D eigenvalue weighted by Gasteiger charge is -2.31. The van der Waals surface area contributed by atoms with Crippen LogP contribution in [0.3, 0.4) is 0 Å². The van der Waals surface area contributed by atoms with E-state index in [2.05, 4.69) is 4.98 Å². The molecule has 1 aliphatic rings. The fourth-order valence-corrected chi connectivity index (χ4v) is 3.41. The van der Waals surface area contributed by atoms with Crippen molar-refractivity contribution in [2.24, 2.45) is 0 Å². The largest absolute Gasteiger partial charge is 0.375 e. The molecule has 0 spiro atoms. The van der Waals surface area contributed by atoms with Crippen molar-refractivity contribution in [2.75, 3.05) is 25.4 Å². The molecule has 0 aliphatic carbocycles. The van der Waals surface area contributed by atoms with Crippen molar-refractivity contribution in [3.63, 3.8) is 0 Å². The number of rotatable bonds is 3. The Bertz CT molecular complexity index is 395. The van der Waals surface area contributed by atoms with Crippen LogP contribution in [-0.2, 0) is 9.53 Å². The van der Waals surface area contributed by atoms with Gasteiger partial charge < -0.3 is 9.64 Å². The number of hydrogen-bond donors (Lipinski definition) is 0. The first-order valence-corrected chi connectivity index (χ1v) is 7.46. The number of thioether (sulfide) groups is 1. The van der Waals surface area contributed by atoms with E-state index in [0.717, 1.165) is 10.0 Å². The molecule has 1 aliphatic heterocycles. The monoisotopic (exact) mass is 272 g/mol. The Morgan fingerprint density at radius 3 is 3.24 bits per heavy atom. The van der Waals surface area contributed by atoms with Gasteiger partial charge in [0.2, 0.25) is 5.91 Å². The van der Waals surface area contributed by atoms with Crippen molar-refractivity contribution < 1.29 is 9.53 Å². The third-order valence-electron chi connectivity index (χ3n) is 2.51. The number of amides is 1. The molecule has 94 valence electrons. The lowest BCUT2D eigenvalue weighted by molar-refractivity contribution is -0.135. The lowest BCUT2D eigenvalue weighted by Crippen LogP contribution is -2.45. The molecule has 6 heteroatoms. The Balaban J connectivity index is 1.80. The van der Waals surface area contributed by atoms with Gasteiger partial charge in [0.05, 0.1) is 18.5 Å². The number of aromatic nitrogens is 1. The van der Waals surface area contributed by atoms with Crippen molar-refractivity contribution >= 4 is 29.0 Å². The van der Waals surface area contributed by atoms with Gasteiger partial charge in [0.1, 0.15) is 0 Å². The van der Waals surface area contributed by atoms with E-state index in [-0.39, 0.29) is 12.0 Å². The van der Waals surface area contributed by atoms with E-state index < -0.39 is 0 Å². The molecule has 0 unspecified atom stereocenters. The topological polar surface area (TPSA) is 42.4 Å². The molecule has 0 bridgehead atoms. The van der Waals surface area contributed by atoms with Crippen LogP contribution >= 0.6 is 23.1 Å². The lowest BCUT2D eigenvalue weighted by atomic mass is 10.3. The predicted molar refractivity (Wildman–Crippen MR) is 69.6 cm³/mol. The highest BCUT2D eigenvalue weighted by Gasteiger charge is 2.21. The van der Waals surface area contributed by atoms with Gasteiger partial charge in [0.15, 0.2) is 4.34 Å². The third kappa shape index (κ3) is 3.69. The fourth-order valence-electron chi connectivity index (χ4n) is 1.66. The van der Waals surface area contributed by atoms with Crippen LogP contribution in [0.2, 0.25) is 0 Å². The number of carbonyl (C=O) groups is 1. The van der Waals surface area contributed by atoms with Crippen LogP contribution < -0.4 is 0 Å². The zero-order valence-corrected chi connectivity index (χ0v) is 11.6. The molecule has 1 aromatic rings. The number of thiazole rings is 1. The quantitative estimate of drug-likeness (QED) is 0.787. The maximum atomic E-state index is 12.0. The highest BCUT2D eigenvalue weighted by molar-refractivity contribution is 8.01. The molecule has 1 saturated heterocycles. The number of nitrogens with zero attached hydrogens (tertiary/aromatic N) is 2. The summed E-state index contributed by atoms with van der Waals surface area (Å²) in [7, 11) is 0. The first-order chi connectivity index (χ1) is 8.15. The number of carbonyl (C=O) groups excluding carboxylic acids is 1. The van der Waals surface area contributed by atoms with Crippen LogP contribution in [0, 0.1) is 6.92 Å². The van der Waals surface area contributed by atoms with Gasteiger partial charge in [0, 0.05) is 24.2 Å². The molecule has 0 radical (unpaired) electrons. The standard InChI is InChI=1S/C11H16N2O2S2/c1-8-6-16-11(12-8)17-7-10(14)13-3-4-15-9(2)5-13/h6,9H,3-5,7H2,1-2H3/t9-/m0/s1. The summed E-state index contributed by atoms with van der Waals surface area (Å²) < 4.78 is 6.38. The Morgan fingerprint density at radius 2 is 2.59 bits per heavy atom. The van der Waals surface area contributed by atoms with Crippen molar-refractivity contribution in [2.45, 2.75) is 24.3 Å². The fraction of sp³-hybridized carbons (Fsp3) is 0.636. The Hall–Kier alpha value is -0.590. The van der Waals surface area contributed by atoms with Gasteiger partial charge in [0.25, 0.3) is 0 Å². The van der Waals surface area contributed by atoms with Crippen molar-refractivity contribution in [1.82, 2.24) is 9.88 Å². The highest BCUT2D eigenvalue weighted by Crippen LogP contribution is 2.22. The van der Waals surface area contributed by atoms with Crippen molar-refractivity contribution in [3.8, 4) is 0 Å². The molecule has 0 N–H and O–H groups in total. The minimum atomic E-state index is 0.153. The number of ether oxygens (including phenoxy) is 1. The second kappa shape index (κ2) is 5.84. The minimum absolute atomic E-state index is 0.153. The van der Waals surface area contributed by atoms with Gasteiger partial charge in [-0.25, -0.2) is 4.98 Å². The van der Waals surface area contributed by atoms with E-state index >= 15 is 0 Å². The molecule has 1 aromatic heterocycles. The molecule has 2 heterocycles. The number of morpholine rings is 1. The molecular formula is C11H16N2O2S2. The summed E-state index contributed by atoms with van der Waals surface area (Å²) in [5.41, 5.74) is 1.02.